The molecule has 0 radical (unpaired) electrons. The van der Waals surface area contributed by atoms with Gasteiger partial charge in [0.25, 0.3) is 0 Å². The van der Waals surface area contributed by atoms with Gasteiger partial charge >= 0.3 is 0 Å². The minimum Gasteiger partial charge on any atom is -0.488 e. The first-order valence-corrected chi connectivity index (χ1v) is 12.1. The van der Waals surface area contributed by atoms with Crippen LogP contribution in [0.4, 0.5) is 5.13 Å². The molecule has 0 amide bonds. The van der Waals surface area contributed by atoms with Crippen molar-refractivity contribution in [3.8, 4) is 5.75 Å². The smallest absolute Gasteiger partial charge is 0.191 e. The van der Waals surface area contributed by atoms with Crippen molar-refractivity contribution in [3.05, 3.63) is 40.4 Å². The number of thiazole rings is 1. The number of aromatic nitrogens is 1. The number of aryl methyl sites for hydroxylation is 1. The molecule has 2 aliphatic heterocycles. The summed E-state index contributed by atoms with van der Waals surface area (Å²) in [5.41, 5.74) is 3.45. The topological polar surface area (TPSA) is 71.0 Å². The summed E-state index contributed by atoms with van der Waals surface area (Å²) in [6, 6.07) is 6.34. The average Bonchev–Trinajstić information content (AvgIpc) is 3.54. The Morgan fingerprint density at radius 3 is 2.97 bits per heavy atom. The van der Waals surface area contributed by atoms with Gasteiger partial charge < -0.3 is 25.0 Å². The molecule has 2 N–H and O–H groups in total. The third-order valence-corrected chi connectivity index (χ3v) is 6.61. The van der Waals surface area contributed by atoms with Gasteiger partial charge in [-0.15, -0.1) is 11.3 Å². The van der Waals surface area contributed by atoms with Crippen LogP contribution in [0.5, 0.6) is 5.75 Å². The average molecular weight is 444 g/mol. The largest absolute Gasteiger partial charge is 0.488 e. The van der Waals surface area contributed by atoms with Gasteiger partial charge in [0.2, 0.25) is 0 Å². The van der Waals surface area contributed by atoms with Gasteiger partial charge in [0.1, 0.15) is 11.9 Å². The highest BCUT2D eigenvalue weighted by molar-refractivity contribution is 7.13. The fourth-order valence-electron chi connectivity index (χ4n) is 3.88. The van der Waals surface area contributed by atoms with Crippen LogP contribution in [0.2, 0.25) is 0 Å². The van der Waals surface area contributed by atoms with Gasteiger partial charge in [-0.2, -0.15) is 0 Å². The van der Waals surface area contributed by atoms with E-state index >= 15 is 0 Å². The first kappa shape index (κ1) is 21.9. The van der Waals surface area contributed by atoms with Crippen LogP contribution in [0, 0.1) is 6.92 Å². The van der Waals surface area contributed by atoms with E-state index in [2.05, 4.69) is 51.0 Å². The summed E-state index contributed by atoms with van der Waals surface area (Å²) in [6.45, 7) is 7.25. The number of hydrogen-bond acceptors (Lipinski definition) is 6. The highest BCUT2D eigenvalue weighted by Gasteiger charge is 2.19. The summed E-state index contributed by atoms with van der Waals surface area (Å²) in [5, 5.41) is 10.1. The standard InChI is InChI=1S/C23H33N5O2S/c1-17-5-6-18(21(13-17)30-20-8-12-29-15-20)14-26-22(24-2)25-9-7-19-16-31-23(27-19)28-10-3-4-11-28/h5-6,13,16,20H,3-4,7-12,14-15H2,1-2H3,(H2,24,25,26). The Labute approximate surface area is 188 Å². The van der Waals surface area contributed by atoms with Gasteiger partial charge in [0.05, 0.1) is 18.9 Å². The van der Waals surface area contributed by atoms with Gasteiger partial charge in [-0.1, -0.05) is 12.1 Å². The van der Waals surface area contributed by atoms with Crippen molar-refractivity contribution >= 4 is 22.4 Å². The normalized spacial score (nSPS) is 19.1. The maximum absolute atomic E-state index is 6.20. The number of rotatable bonds is 8. The molecule has 2 aromatic rings. The highest BCUT2D eigenvalue weighted by Crippen LogP contribution is 2.25. The Balaban J connectivity index is 1.26. The van der Waals surface area contributed by atoms with Gasteiger partial charge in [-0.05, 0) is 31.4 Å². The highest BCUT2D eigenvalue weighted by atomic mass is 32.1. The number of benzene rings is 1. The van der Waals surface area contributed by atoms with Crippen LogP contribution in [0.1, 0.15) is 36.1 Å². The molecule has 8 heteroatoms. The summed E-state index contributed by atoms with van der Waals surface area (Å²) in [4.78, 5) is 11.5. The molecule has 0 spiro atoms. The number of anilines is 1. The predicted molar refractivity (Wildman–Crippen MR) is 126 cm³/mol. The molecule has 1 aromatic carbocycles. The molecule has 4 rings (SSSR count). The van der Waals surface area contributed by atoms with Crippen molar-refractivity contribution in [2.45, 2.75) is 45.3 Å². The van der Waals surface area contributed by atoms with Crippen molar-refractivity contribution < 1.29 is 9.47 Å². The number of ether oxygens (including phenoxy) is 2. The maximum Gasteiger partial charge on any atom is 0.191 e. The second-order valence-electron chi connectivity index (χ2n) is 8.13. The van der Waals surface area contributed by atoms with Crippen LogP contribution < -0.4 is 20.3 Å². The van der Waals surface area contributed by atoms with Crippen LogP contribution in [-0.2, 0) is 17.7 Å². The monoisotopic (exact) mass is 443 g/mol. The minimum absolute atomic E-state index is 0.140. The lowest BCUT2D eigenvalue weighted by Crippen LogP contribution is -2.38. The summed E-state index contributed by atoms with van der Waals surface area (Å²) >= 11 is 1.75. The van der Waals surface area contributed by atoms with Crippen molar-refractivity contribution in [1.29, 1.82) is 0 Å². The van der Waals surface area contributed by atoms with Gasteiger partial charge in [-0.25, -0.2) is 4.98 Å². The molecule has 0 bridgehead atoms. The molecular weight excluding hydrogens is 410 g/mol. The van der Waals surface area contributed by atoms with Crippen molar-refractivity contribution in [2.75, 3.05) is 44.8 Å². The molecule has 0 aliphatic carbocycles. The van der Waals surface area contributed by atoms with Crippen LogP contribution in [0.3, 0.4) is 0 Å². The van der Waals surface area contributed by atoms with E-state index in [1.54, 1.807) is 18.4 Å². The molecule has 1 atom stereocenters. The van der Waals surface area contributed by atoms with Crippen LogP contribution >= 0.6 is 11.3 Å². The molecule has 2 fully saturated rings. The Hall–Kier alpha value is -2.32. The number of nitrogens with one attached hydrogen (secondary N) is 2. The van der Waals surface area contributed by atoms with Crippen LogP contribution in [0.25, 0.3) is 0 Å². The van der Waals surface area contributed by atoms with Crippen molar-refractivity contribution in [2.24, 2.45) is 4.99 Å². The molecule has 1 aromatic heterocycles. The van der Waals surface area contributed by atoms with E-state index in [-0.39, 0.29) is 6.10 Å². The van der Waals surface area contributed by atoms with Gasteiger partial charge in [-0.3, -0.25) is 4.99 Å². The molecular formula is C23H33N5O2S. The molecule has 0 saturated carbocycles. The fraction of sp³-hybridized carbons (Fsp3) is 0.565. The Morgan fingerprint density at radius 2 is 2.19 bits per heavy atom. The second kappa shape index (κ2) is 10.8. The fourth-order valence-corrected chi connectivity index (χ4v) is 4.79. The number of hydrogen-bond donors (Lipinski definition) is 2. The number of guanidine groups is 1. The third kappa shape index (κ3) is 6.11. The van der Waals surface area contributed by atoms with E-state index in [0.717, 1.165) is 67.2 Å². The lowest BCUT2D eigenvalue weighted by molar-refractivity contribution is 0.140. The molecule has 168 valence electrons. The summed E-state index contributed by atoms with van der Waals surface area (Å²) in [6.07, 6.45) is 4.52. The van der Waals surface area contributed by atoms with E-state index in [0.29, 0.717) is 13.2 Å². The van der Waals surface area contributed by atoms with Gasteiger partial charge in [0, 0.05) is 57.0 Å². The van der Waals surface area contributed by atoms with Crippen LogP contribution in [-0.4, -0.2) is 56.9 Å². The quantitative estimate of drug-likeness (QED) is 0.483. The SMILES string of the molecule is CN=C(NCCc1csc(N2CCCC2)n1)NCc1ccc(C)cc1OC1CCOC1. The first-order chi connectivity index (χ1) is 15.2. The molecule has 31 heavy (non-hydrogen) atoms. The second-order valence-corrected chi connectivity index (χ2v) is 8.97. The molecule has 1 unspecified atom stereocenters. The number of nitrogens with zero attached hydrogens (tertiary/aromatic N) is 3. The van der Waals surface area contributed by atoms with E-state index in [4.69, 9.17) is 14.5 Å². The van der Waals surface area contributed by atoms with Gasteiger partial charge in [0.15, 0.2) is 11.1 Å². The Bertz CT molecular complexity index is 873. The molecule has 7 nitrogen and oxygen atoms in total. The molecule has 2 aliphatic rings. The Kier molecular flexibility index (Phi) is 7.64. The molecule has 2 saturated heterocycles. The van der Waals surface area contributed by atoms with E-state index < -0.39 is 0 Å². The lowest BCUT2D eigenvalue weighted by Gasteiger charge is -2.18. The zero-order valence-corrected chi connectivity index (χ0v) is 19.3. The Morgan fingerprint density at radius 1 is 1.32 bits per heavy atom. The zero-order chi connectivity index (χ0) is 21.5. The maximum atomic E-state index is 6.20. The lowest BCUT2D eigenvalue weighted by atomic mass is 10.1. The minimum atomic E-state index is 0.140. The van der Waals surface area contributed by atoms with E-state index in [1.807, 2.05) is 0 Å². The van der Waals surface area contributed by atoms with E-state index in [9.17, 15) is 0 Å². The van der Waals surface area contributed by atoms with Crippen molar-refractivity contribution in [3.63, 3.8) is 0 Å². The van der Waals surface area contributed by atoms with E-state index in [1.165, 1.54) is 18.4 Å². The van der Waals surface area contributed by atoms with Crippen molar-refractivity contribution in [1.82, 2.24) is 15.6 Å². The molecule has 3 heterocycles. The summed E-state index contributed by atoms with van der Waals surface area (Å²) < 4.78 is 11.6. The summed E-state index contributed by atoms with van der Waals surface area (Å²) in [7, 11) is 1.80. The number of aliphatic imine (C=N–C) groups is 1. The predicted octanol–water partition coefficient (Wildman–Crippen LogP) is 3.13. The first-order valence-electron chi connectivity index (χ1n) is 11.2. The van der Waals surface area contributed by atoms with Crippen LogP contribution in [0.15, 0.2) is 28.6 Å². The summed E-state index contributed by atoms with van der Waals surface area (Å²) in [5.74, 6) is 1.71. The zero-order valence-electron chi connectivity index (χ0n) is 18.5. The third-order valence-electron chi connectivity index (χ3n) is 5.66.